The zero-order valence-corrected chi connectivity index (χ0v) is 19.1. The van der Waals surface area contributed by atoms with E-state index in [1.165, 1.54) is 30.1 Å². The Kier molecular flexibility index (Phi) is 8.07. The molecule has 168 valence electrons. The molecule has 0 radical (unpaired) electrons. The van der Waals surface area contributed by atoms with Gasteiger partial charge < -0.3 is 9.84 Å². The predicted octanol–water partition coefficient (Wildman–Crippen LogP) is 4.44. The molecule has 1 heterocycles. The van der Waals surface area contributed by atoms with Crippen LogP contribution in [0.5, 0.6) is 11.5 Å². The third-order valence-electron chi connectivity index (χ3n) is 4.31. The lowest BCUT2D eigenvalue weighted by Crippen LogP contribution is -2.05. The highest BCUT2D eigenvalue weighted by Crippen LogP contribution is 2.34. The van der Waals surface area contributed by atoms with Crippen molar-refractivity contribution in [3.63, 3.8) is 0 Å². The summed E-state index contributed by atoms with van der Waals surface area (Å²) >= 11 is 7.40. The van der Waals surface area contributed by atoms with Gasteiger partial charge in [0, 0.05) is 34.6 Å². The average molecular weight is 475 g/mol. The minimum absolute atomic E-state index is 0.0852. The summed E-state index contributed by atoms with van der Waals surface area (Å²) in [5.74, 6) is 0.464. The van der Waals surface area contributed by atoms with Crippen molar-refractivity contribution in [2.75, 3.05) is 6.61 Å². The standard InChI is InChI=1S/C21H22ClN5O4S/c1-3-5-19-24-25-21(32-13-14-6-8-16(22)9-7-14)26(19)23-12-15-10-17(27(29)30)20(28)18(11-15)31-4-2/h6-12,28H,3-5,13H2,1-2H3/p-1/b23-12-. The number of rotatable bonds is 10. The van der Waals surface area contributed by atoms with Gasteiger partial charge in [0.25, 0.3) is 5.69 Å². The largest absolute Gasteiger partial charge is 0.865 e. The van der Waals surface area contributed by atoms with Crippen LogP contribution in [0.2, 0.25) is 5.02 Å². The highest BCUT2D eigenvalue weighted by molar-refractivity contribution is 7.98. The summed E-state index contributed by atoms with van der Waals surface area (Å²) in [4.78, 5) is 10.5. The van der Waals surface area contributed by atoms with E-state index in [0.717, 1.165) is 12.0 Å². The topological polar surface area (TPSA) is 118 Å². The third-order valence-corrected chi connectivity index (χ3v) is 5.55. The fourth-order valence-electron chi connectivity index (χ4n) is 2.82. The van der Waals surface area contributed by atoms with Crippen LogP contribution in [0.1, 0.15) is 37.2 Å². The first kappa shape index (κ1) is 23.6. The van der Waals surface area contributed by atoms with Gasteiger partial charge in [0.15, 0.2) is 5.82 Å². The first-order chi connectivity index (χ1) is 15.4. The van der Waals surface area contributed by atoms with Crippen LogP contribution in [0, 0.1) is 10.1 Å². The van der Waals surface area contributed by atoms with Crippen molar-refractivity contribution < 1.29 is 14.8 Å². The Morgan fingerprint density at radius 1 is 1.25 bits per heavy atom. The summed E-state index contributed by atoms with van der Waals surface area (Å²) < 4.78 is 6.88. The van der Waals surface area contributed by atoms with Crippen molar-refractivity contribution in [3.05, 3.63) is 68.5 Å². The number of hydrogen-bond donors (Lipinski definition) is 0. The highest BCUT2D eigenvalue weighted by Gasteiger charge is 2.15. The molecule has 2 aromatic carbocycles. The first-order valence-corrected chi connectivity index (χ1v) is 11.3. The van der Waals surface area contributed by atoms with Crippen LogP contribution in [0.4, 0.5) is 5.69 Å². The minimum Gasteiger partial charge on any atom is -0.865 e. The molecule has 3 aromatic rings. The molecule has 0 fully saturated rings. The molecule has 0 N–H and O–H groups in total. The molecule has 0 aliphatic heterocycles. The molecule has 32 heavy (non-hydrogen) atoms. The van der Waals surface area contributed by atoms with Gasteiger partial charge in [-0.15, -0.1) is 10.2 Å². The van der Waals surface area contributed by atoms with Gasteiger partial charge in [0.2, 0.25) is 5.16 Å². The number of hydrogen-bond acceptors (Lipinski definition) is 8. The van der Waals surface area contributed by atoms with Crippen LogP contribution in [0.25, 0.3) is 0 Å². The predicted molar refractivity (Wildman–Crippen MR) is 122 cm³/mol. The molecule has 0 unspecified atom stereocenters. The van der Waals surface area contributed by atoms with Crippen LogP contribution >= 0.6 is 23.4 Å². The molecule has 0 amide bonds. The monoisotopic (exact) mass is 474 g/mol. The van der Waals surface area contributed by atoms with Crippen LogP contribution in [0.3, 0.4) is 0 Å². The SMILES string of the molecule is CCCc1nnc(SCc2ccc(Cl)cc2)n1/N=C\c1cc(OCC)c([O-])c([N+](=O)[O-])c1. The number of thioether (sulfide) groups is 1. The lowest BCUT2D eigenvalue weighted by atomic mass is 10.2. The Hall–Kier alpha value is -3.11. The smallest absolute Gasteiger partial charge is 0.266 e. The number of benzene rings is 2. The molecule has 0 spiro atoms. The maximum Gasteiger partial charge on any atom is 0.266 e. The molecule has 0 aliphatic rings. The Balaban J connectivity index is 1.90. The number of aryl methyl sites for hydroxylation is 1. The summed E-state index contributed by atoms with van der Waals surface area (Å²) in [6, 6.07) is 10.1. The average Bonchev–Trinajstić information content (AvgIpc) is 3.15. The molecule has 0 bridgehead atoms. The van der Waals surface area contributed by atoms with Crippen molar-refractivity contribution >= 4 is 35.3 Å². The maximum absolute atomic E-state index is 12.2. The van der Waals surface area contributed by atoms with Gasteiger partial charge in [-0.2, -0.15) is 9.78 Å². The Bertz CT molecular complexity index is 1120. The lowest BCUT2D eigenvalue weighted by molar-refractivity contribution is -0.398. The molecular formula is C21H21ClN5O4S-. The fourth-order valence-corrected chi connectivity index (χ4v) is 3.80. The Morgan fingerprint density at radius 3 is 2.66 bits per heavy atom. The lowest BCUT2D eigenvalue weighted by Gasteiger charge is -2.14. The van der Waals surface area contributed by atoms with Gasteiger partial charge in [0.1, 0.15) is 5.75 Å². The van der Waals surface area contributed by atoms with E-state index >= 15 is 0 Å². The van der Waals surface area contributed by atoms with Crippen LogP contribution < -0.4 is 9.84 Å². The van der Waals surface area contributed by atoms with E-state index in [-0.39, 0.29) is 12.4 Å². The molecule has 0 atom stereocenters. The van der Waals surface area contributed by atoms with Crippen LogP contribution in [-0.4, -0.2) is 32.6 Å². The van der Waals surface area contributed by atoms with Crippen molar-refractivity contribution in [3.8, 4) is 11.5 Å². The number of nitrogens with zero attached hydrogens (tertiary/aromatic N) is 5. The summed E-state index contributed by atoms with van der Waals surface area (Å²) in [6.07, 6.45) is 2.94. The molecule has 9 nitrogen and oxygen atoms in total. The van der Waals surface area contributed by atoms with Gasteiger partial charge in [-0.25, -0.2) is 0 Å². The second kappa shape index (κ2) is 11.0. The first-order valence-electron chi connectivity index (χ1n) is 9.91. The van der Waals surface area contributed by atoms with Crippen molar-refractivity contribution in [2.45, 2.75) is 37.6 Å². The van der Waals surface area contributed by atoms with E-state index in [2.05, 4.69) is 15.3 Å². The van der Waals surface area contributed by atoms with Crippen molar-refractivity contribution in [1.29, 1.82) is 0 Å². The van der Waals surface area contributed by atoms with Gasteiger partial charge >= 0.3 is 0 Å². The molecular weight excluding hydrogens is 454 g/mol. The van der Waals surface area contributed by atoms with Gasteiger partial charge in [0.05, 0.1) is 17.7 Å². The van der Waals surface area contributed by atoms with Gasteiger partial charge in [-0.1, -0.05) is 42.4 Å². The zero-order chi connectivity index (χ0) is 23.1. The van der Waals surface area contributed by atoms with Gasteiger partial charge in [-0.3, -0.25) is 10.1 Å². The normalized spacial score (nSPS) is 11.2. The summed E-state index contributed by atoms with van der Waals surface area (Å²) in [5.41, 5.74) is 0.870. The quantitative estimate of drug-likeness (QED) is 0.184. The number of nitro benzene ring substituents is 1. The summed E-state index contributed by atoms with van der Waals surface area (Å²) in [6.45, 7) is 3.93. The summed E-state index contributed by atoms with van der Waals surface area (Å²) in [7, 11) is 0. The number of halogens is 1. The number of nitro groups is 1. The van der Waals surface area contributed by atoms with E-state index in [0.29, 0.717) is 33.7 Å². The molecule has 11 heteroatoms. The highest BCUT2D eigenvalue weighted by atomic mass is 35.5. The van der Waals surface area contributed by atoms with E-state index in [1.807, 2.05) is 31.2 Å². The zero-order valence-electron chi connectivity index (χ0n) is 17.5. The minimum atomic E-state index is -0.760. The molecule has 0 saturated carbocycles. The number of ether oxygens (including phenoxy) is 1. The van der Waals surface area contributed by atoms with E-state index in [4.69, 9.17) is 16.3 Å². The van der Waals surface area contributed by atoms with Crippen LogP contribution in [-0.2, 0) is 12.2 Å². The molecule has 3 rings (SSSR count). The van der Waals surface area contributed by atoms with Gasteiger partial charge in [-0.05, 0) is 37.1 Å². The number of aromatic nitrogens is 3. The van der Waals surface area contributed by atoms with E-state index in [9.17, 15) is 15.2 Å². The second-order valence-corrected chi connectivity index (χ2v) is 8.06. The summed E-state index contributed by atoms with van der Waals surface area (Å²) in [5, 5.41) is 37.6. The Morgan fingerprint density at radius 2 is 2.00 bits per heavy atom. The molecule has 0 aliphatic carbocycles. The van der Waals surface area contributed by atoms with E-state index < -0.39 is 16.4 Å². The van der Waals surface area contributed by atoms with Crippen molar-refractivity contribution in [2.24, 2.45) is 5.10 Å². The van der Waals surface area contributed by atoms with Crippen LogP contribution in [0.15, 0.2) is 46.7 Å². The van der Waals surface area contributed by atoms with E-state index in [1.54, 1.807) is 11.6 Å². The van der Waals surface area contributed by atoms with Crippen molar-refractivity contribution in [1.82, 2.24) is 14.9 Å². The molecule has 0 saturated heterocycles. The third kappa shape index (κ3) is 5.77. The maximum atomic E-state index is 12.2. The fraction of sp³-hybridized carbons (Fsp3) is 0.286. The Labute approximate surface area is 194 Å². The molecule has 1 aromatic heterocycles. The second-order valence-electron chi connectivity index (χ2n) is 6.68.